The third kappa shape index (κ3) is 14.9. The largest absolute Gasteiger partial charge is 3.00 e. The average Bonchev–Trinajstić information content (AvgIpc) is 3.10. The van der Waals surface area contributed by atoms with E-state index in [-0.39, 0.29) is 102 Å². The Morgan fingerprint density at radius 2 is 1.21 bits per heavy atom. The van der Waals surface area contributed by atoms with Crippen LogP contribution in [0.3, 0.4) is 0 Å². The van der Waals surface area contributed by atoms with Gasteiger partial charge in [-0.15, -0.1) is 0 Å². The third-order valence-electron chi connectivity index (χ3n) is 7.66. The quantitative estimate of drug-likeness (QED) is 0.0609. The van der Waals surface area contributed by atoms with Crippen molar-refractivity contribution in [3.05, 3.63) is 78.1 Å². The van der Waals surface area contributed by atoms with Crippen molar-refractivity contribution in [2.24, 2.45) is 5.73 Å². The van der Waals surface area contributed by atoms with Gasteiger partial charge in [0.15, 0.2) is 0 Å². The Bertz CT molecular complexity index is 1970. The summed E-state index contributed by atoms with van der Waals surface area (Å²) in [7, 11) is 0. The molecule has 0 spiro atoms. The number of hydrogen-bond donors (Lipinski definition) is 3. The number of carbonyl (C=O) groups excluding carboxylic acids is 5. The standard InChI is InChI=1S/C36H40N8O8.Eu/c37-13-15-38-30(45)20-43(23-33(49)50)18-16-42(22-32(47)48)17-19-44(24-34(51)52)21-31(46)40-28-9-3-25(4-10-28)5-11-29-12-8-27-7-6-26-2-1-14-39-35(26)36(27)41-29;/h1-4,6-10,12,14H,13,15-24,37H2,(H,38,45)(H,40,46)(H,47,48)(H,49,50)(H,51,52);/q;+3/p-3. The monoisotopic (exact) mass is 862 g/mol. The van der Waals surface area contributed by atoms with Gasteiger partial charge in [-0.1, -0.05) is 24.1 Å². The first-order valence-electron chi connectivity index (χ1n) is 16.3. The number of benzene rings is 2. The average molecular weight is 862 g/mol. The van der Waals surface area contributed by atoms with Gasteiger partial charge in [0.2, 0.25) is 11.8 Å². The summed E-state index contributed by atoms with van der Waals surface area (Å²) in [5.41, 5.74) is 8.57. The van der Waals surface area contributed by atoms with Crippen molar-refractivity contribution in [2.45, 2.75) is 0 Å². The number of carbonyl (C=O) groups is 5. The molecule has 2 aromatic carbocycles. The van der Waals surface area contributed by atoms with Gasteiger partial charge in [-0.2, -0.15) is 0 Å². The minimum Gasteiger partial charge on any atom is -0.549 e. The number of carboxylic acid groups (broad SMARTS) is 3. The fourth-order valence-corrected chi connectivity index (χ4v) is 5.25. The van der Waals surface area contributed by atoms with E-state index in [0.29, 0.717) is 16.9 Å². The van der Waals surface area contributed by atoms with Crippen molar-refractivity contribution in [3.63, 3.8) is 0 Å². The van der Waals surface area contributed by atoms with E-state index < -0.39 is 49.4 Å². The minimum atomic E-state index is -1.45. The molecule has 4 N–H and O–H groups in total. The molecule has 4 rings (SSSR count). The molecule has 0 aliphatic carbocycles. The summed E-state index contributed by atoms with van der Waals surface area (Å²) in [5.74, 6) is 0.795. The molecule has 0 bridgehead atoms. The molecule has 0 aliphatic heterocycles. The fourth-order valence-electron chi connectivity index (χ4n) is 5.25. The van der Waals surface area contributed by atoms with Crippen LogP contribution >= 0.6 is 0 Å². The molecular formula is C36H37EuN8O8. The van der Waals surface area contributed by atoms with E-state index in [4.69, 9.17) is 5.73 Å². The normalized spacial score (nSPS) is 10.9. The van der Waals surface area contributed by atoms with Crippen molar-refractivity contribution in [1.82, 2.24) is 30.0 Å². The number of anilines is 1. The number of hydrogen-bond acceptors (Lipinski definition) is 14. The van der Waals surface area contributed by atoms with Gasteiger partial charge in [-0.05, 0) is 48.4 Å². The number of nitrogens with two attached hydrogens (primary N) is 1. The molecule has 0 saturated heterocycles. The molecule has 0 aliphatic rings. The number of carboxylic acids is 3. The maximum atomic E-state index is 12.9. The number of amides is 2. The van der Waals surface area contributed by atoms with Crippen LogP contribution < -0.4 is 31.7 Å². The predicted molar refractivity (Wildman–Crippen MR) is 185 cm³/mol. The number of pyridine rings is 2. The third-order valence-corrected chi connectivity index (χ3v) is 7.66. The Labute approximate surface area is 346 Å². The van der Waals surface area contributed by atoms with Crippen molar-refractivity contribution < 1.29 is 88.7 Å². The second-order valence-corrected chi connectivity index (χ2v) is 11.7. The van der Waals surface area contributed by atoms with Gasteiger partial charge >= 0.3 is 49.4 Å². The number of rotatable bonds is 19. The molecule has 2 aromatic heterocycles. The summed E-state index contributed by atoms with van der Waals surface area (Å²) in [6.07, 6.45) is 1.72. The molecule has 4 aromatic rings. The first-order valence-corrected chi connectivity index (χ1v) is 16.3. The van der Waals surface area contributed by atoms with Crippen LogP contribution in [0.25, 0.3) is 21.8 Å². The molecule has 0 saturated carbocycles. The zero-order chi connectivity index (χ0) is 37.5. The second kappa shape index (κ2) is 22.0. The van der Waals surface area contributed by atoms with Gasteiger partial charge in [-0.3, -0.25) is 29.3 Å². The predicted octanol–water partition coefficient (Wildman–Crippen LogP) is -3.65. The van der Waals surface area contributed by atoms with Crippen molar-refractivity contribution in [1.29, 1.82) is 0 Å². The summed E-state index contributed by atoms with van der Waals surface area (Å²) >= 11 is 0. The minimum absolute atomic E-state index is 0. The Hall–Kier alpha value is -4.41. The van der Waals surface area contributed by atoms with Crippen LogP contribution in [0.1, 0.15) is 11.3 Å². The van der Waals surface area contributed by atoms with Crippen LogP contribution in [-0.4, -0.2) is 126 Å². The maximum Gasteiger partial charge on any atom is 3.00 e. The fraction of sp³-hybridized carbons (Fsp3) is 0.306. The van der Waals surface area contributed by atoms with Gasteiger partial charge in [0.05, 0.1) is 42.0 Å². The molecule has 2 amide bonds. The van der Waals surface area contributed by atoms with Crippen molar-refractivity contribution in [3.8, 4) is 11.8 Å². The summed E-state index contributed by atoms with van der Waals surface area (Å²) in [5, 5.41) is 41.2. The SMILES string of the molecule is NCCNC(=O)CN(CCN(CCN(CC(=O)[O-])CC(=O)Nc1ccc(C#Cc2ccc3ccc4cccnc4c3n2)cc1)CC(=O)[O-])CC(=O)[O-].[Eu+3]. The Morgan fingerprint density at radius 3 is 1.81 bits per heavy atom. The second-order valence-electron chi connectivity index (χ2n) is 11.7. The molecule has 17 heteroatoms. The zero-order valence-electron chi connectivity index (χ0n) is 28.6. The van der Waals surface area contributed by atoms with Crippen LogP contribution in [0.5, 0.6) is 0 Å². The number of nitrogens with one attached hydrogen (secondary N) is 2. The number of nitrogens with zero attached hydrogens (tertiary/aromatic N) is 5. The molecule has 0 fully saturated rings. The maximum absolute atomic E-state index is 12.9. The molecule has 53 heavy (non-hydrogen) atoms. The Balaban J connectivity index is 0.00000756. The van der Waals surface area contributed by atoms with Crippen molar-refractivity contribution in [2.75, 3.05) is 77.3 Å². The van der Waals surface area contributed by atoms with E-state index in [1.54, 1.807) is 30.5 Å². The molecule has 276 valence electrons. The van der Waals surface area contributed by atoms with E-state index in [2.05, 4.69) is 32.4 Å². The van der Waals surface area contributed by atoms with Crippen LogP contribution in [0.4, 0.5) is 5.69 Å². The molecule has 0 unspecified atom stereocenters. The van der Waals surface area contributed by atoms with E-state index in [0.717, 1.165) is 21.8 Å². The van der Waals surface area contributed by atoms with Gasteiger partial charge in [-0.25, -0.2) is 4.98 Å². The summed E-state index contributed by atoms with van der Waals surface area (Å²) in [6.45, 7) is -2.18. The van der Waals surface area contributed by atoms with Crippen LogP contribution in [-0.2, 0) is 24.0 Å². The van der Waals surface area contributed by atoms with Gasteiger partial charge < -0.3 is 46.1 Å². The number of aromatic nitrogens is 2. The van der Waals surface area contributed by atoms with Gasteiger partial charge in [0.25, 0.3) is 0 Å². The smallest absolute Gasteiger partial charge is 0.549 e. The molecular weight excluding hydrogens is 824 g/mol. The summed E-state index contributed by atoms with van der Waals surface area (Å²) in [6, 6.07) is 18.3. The first kappa shape index (κ1) is 43.0. The van der Waals surface area contributed by atoms with Crippen molar-refractivity contribution >= 4 is 57.2 Å². The molecule has 0 atom stereocenters. The topological polar surface area (TPSA) is 240 Å². The van der Waals surface area contributed by atoms with E-state index in [9.17, 15) is 39.3 Å². The van der Waals surface area contributed by atoms with Crippen LogP contribution in [0.2, 0.25) is 0 Å². The Morgan fingerprint density at radius 1 is 0.660 bits per heavy atom. The van der Waals surface area contributed by atoms with E-state index in [1.807, 2.05) is 36.4 Å². The first-order chi connectivity index (χ1) is 25.0. The summed E-state index contributed by atoms with van der Waals surface area (Å²) in [4.78, 5) is 72.1. The molecule has 2 heterocycles. The van der Waals surface area contributed by atoms with E-state index >= 15 is 0 Å². The number of aliphatic carboxylic acids is 3. The number of fused-ring (bicyclic) bond motifs is 3. The molecule has 0 radical (unpaired) electrons. The van der Waals surface area contributed by atoms with Crippen LogP contribution in [0, 0.1) is 61.2 Å². The van der Waals surface area contributed by atoms with Crippen LogP contribution in [0.15, 0.2) is 66.9 Å². The van der Waals surface area contributed by atoms with Gasteiger partial charge in [0, 0.05) is 87.1 Å². The van der Waals surface area contributed by atoms with E-state index in [1.165, 1.54) is 14.7 Å². The summed E-state index contributed by atoms with van der Waals surface area (Å²) < 4.78 is 0. The zero-order valence-corrected chi connectivity index (χ0v) is 31.0. The molecule has 16 nitrogen and oxygen atoms in total. The Kier molecular flexibility index (Phi) is 17.8. The van der Waals surface area contributed by atoms with Gasteiger partial charge in [0.1, 0.15) is 5.69 Å².